The molecule has 0 bridgehead atoms. The molecule has 0 N–H and O–H groups in total. The normalized spacial score (nSPS) is 13.1. The summed E-state index contributed by atoms with van der Waals surface area (Å²) in [6, 6.07) is 7.77. The van der Waals surface area contributed by atoms with Crippen molar-refractivity contribution in [3.05, 3.63) is 65.2 Å². The molecule has 2 aromatic carbocycles. The van der Waals surface area contributed by atoms with Gasteiger partial charge in [-0.1, -0.05) is 30.3 Å². The van der Waals surface area contributed by atoms with Gasteiger partial charge in [-0.05, 0) is 23.8 Å². The monoisotopic (exact) mass is 368 g/mol. The molecule has 0 radical (unpaired) electrons. The van der Waals surface area contributed by atoms with E-state index in [1.54, 1.807) is 6.07 Å². The molecule has 0 aliphatic carbocycles. The Morgan fingerprint density at radius 2 is 1.21 bits per heavy atom. The Balaban J connectivity index is 2.56. The lowest BCUT2D eigenvalue weighted by Crippen LogP contribution is -2.14. The molecule has 0 aliphatic rings. The molecule has 2 nitrogen and oxygen atoms in total. The fraction of sp³-hybridized carbons (Fsp3) is 0.200. The third-order valence-corrected chi connectivity index (χ3v) is 4.79. The van der Waals surface area contributed by atoms with Crippen LogP contribution in [-0.4, -0.2) is 8.42 Å². The van der Waals surface area contributed by atoms with Gasteiger partial charge in [0.05, 0.1) is 21.8 Å². The molecule has 0 saturated heterocycles. The van der Waals surface area contributed by atoms with Crippen molar-refractivity contribution in [2.75, 3.05) is 0 Å². The summed E-state index contributed by atoms with van der Waals surface area (Å²) in [5.41, 5.74) is -3.07. The number of benzene rings is 2. The minimum atomic E-state index is -5.10. The van der Waals surface area contributed by atoms with E-state index in [0.717, 1.165) is 0 Å². The first-order chi connectivity index (χ1) is 10.9. The summed E-state index contributed by atoms with van der Waals surface area (Å²) in [6.07, 6.45) is -10.2. The second-order valence-corrected chi connectivity index (χ2v) is 6.98. The Morgan fingerprint density at radius 3 is 1.62 bits per heavy atom. The zero-order valence-corrected chi connectivity index (χ0v) is 12.6. The standard InChI is InChI=1S/C15H10F6O2S/c16-14(17,18)11-6-12(15(19,20)21)8-13(7-11)24(22,23)9-10-4-2-1-3-5-10/h1-8H,9H2. The van der Waals surface area contributed by atoms with Gasteiger partial charge >= 0.3 is 12.4 Å². The van der Waals surface area contributed by atoms with Gasteiger partial charge < -0.3 is 0 Å². The van der Waals surface area contributed by atoms with E-state index in [-0.39, 0.29) is 23.8 Å². The van der Waals surface area contributed by atoms with Crippen molar-refractivity contribution < 1.29 is 34.8 Å². The highest BCUT2D eigenvalue weighted by atomic mass is 32.2. The highest BCUT2D eigenvalue weighted by molar-refractivity contribution is 7.90. The average molecular weight is 368 g/mol. The molecule has 0 fully saturated rings. The number of alkyl halides is 6. The molecule has 0 aromatic heterocycles. The van der Waals surface area contributed by atoms with E-state index in [0.29, 0.717) is 0 Å². The Labute approximate surface area is 133 Å². The fourth-order valence-corrected chi connectivity index (χ4v) is 3.39. The van der Waals surface area contributed by atoms with Crippen LogP contribution in [0.4, 0.5) is 26.3 Å². The van der Waals surface area contributed by atoms with Crippen molar-refractivity contribution in [2.24, 2.45) is 0 Å². The summed E-state index contributed by atoms with van der Waals surface area (Å²) in [5.74, 6) is -0.702. The smallest absolute Gasteiger partial charge is 0.223 e. The first-order valence-electron chi connectivity index (χ1n) is 6.46. The van der Waals surface area contributed by atoms with Crippen LogP contribution < -0.4 is 0 Å². The first-order valence-corrected chi connectivity index (χ1v) is 8.11. The summed E-state index contributed by atoms with van der Waals surface area (Å²) in [5, 5.41) is 0. The van der Waals surface area contributed by atoms with Gasteiger partial charge in [0.15, 0.2) is 9.84 Å². The number of sulfone groups is 1. The van der Waals surface area contributed by atoms with Gasteiger partial charge in [0.25, 0.3) is 0 Å². The van der Waals surface area contributed by atoms with Crippen LogP contribution in [0, 0.1) is 0 Å². The van der Waals surface area contributed by atoms with Crippen molar-refractivity contribution in [1.82, 2.24) is 0 Å². The van der Waals surface area contributed by atoms with Crippen LogP contribution in [-0.2, 0) is 27.9 Å². The van der Waals surface area contributed by atoms with Crippen LogP contribution in [0.15, 0.2) is 53.4 Å². The lowest BCUT2D eigenvalue weighted by atomic mass is 10.1. The van der Waals surface area contributed by atoms with E-state index in [9.17, 15) is 34.8 Å². The summed E-state index contributed by atoms with van der Waals surface area (Å²) in [6.45, 7) is 0. The van der Waals surface area contributed by atoms with E-state index in [1.807, 2.05) is 0 Å². The Kier molecular flexibility index (Phi) is 4.67. The largest absolute Gasteiger partial charge is 0.416 e. The molecule has 24 heavy (non-hydrogen) atoms. The molecule has 130 valence electrons. The summed E-state index contributed by atoms with van der Waals surface area (Å²) >= 11 is 0. The molecule has 9 heteroatoms. The van der Waals surface area contributed by atoms with Crippen LogP contribution in [0.5, 0.6) is 0 Å². The maximum atomic E-state index is 12.8. The Morgan fingerprint density at radius 1 is 0.750 bits per heavy atom. The Bertz CT molecular complexity index is 791. The van der Waals surface area contributed by atoms with Gasteiger partial charge in [-0.2, -0.15) is 26.3 Å². The van der Waals surface area contributed by atoms with Crippen molar-refractivity contribution in [3.63, 3.8) is 0 Å². The quantitative estimate of drug-likeness (QED) is 0.736. The van der Waals surface area contributed by atoms with Crippen LogP contribution in [0.3, 0.4) is 0 Å². The predicted octanol–water partition coefficient (Wildman–Crippen LogP) is 4.70. The lowest BCUT2D eigenvalue weighted by Gasteiger charge is -2.14. The van der Waals surface area contributed by atoms with E-state index in [1.165, 1.54) is 24.3 Å². The third kappa shape index (κ3) is 4.28. The van der Waals surface area contributed by atoms with Gasteiger partial charge in [-0.15, -0.1) is 0 Å². The highest BCUT2D eigenvalue weighted by Gasteiger charge is 2.38. The average Bonchev–Trinajstić information content (AvgIpc) is 2.45. The second kappa shape index (κ2) is 6.12. The van der Waals surface area contributed by atoms with Gasteiger partial charge in [-0.3, -0.25) is 0 Å². The zero-order chi connectivity index (χ0) is 18.2. The minimum Gasteiger partial charge on any atom is -0.223 e. The topological polar surface area (TPSA) is 34.1 Å². The SMILES string of the molecule is O=S(=O)(Cc1ccccc1)c1cc(C(F)(F)F)cc(C(F)(F)F)c1. The zero-order valence-electron chi connectivity index (χ0n) is 11.8. The Hall–Kier alpha value is -2.03. The molecular formula is C15H10F6O2S. The van der Waals surface area contributed by atoms with E-state index in [2.05, 4.69) is 0 Å². The number of halogens is 6. The highest BCUT2D eigenvalue weighted by Crippen LogP contribution is 2.37. The van der Waals surface area contributed by atoms with Gasteiger partial charge in [0.1, 0.15) is 0 Å². The molecule has 0 aliphatic heterocycles. The molecule has 0 heterocycles. The van der Waals surface area contributed by atoms with E-state index in [4.69, 9.17) is 0 Å². The van der Waals surface area contributed by atoms with Gasteiger partial charge in [-0.25, -0.2) is 8.42 Å². The van der Waals surface area contributed by atoms with Crippen LogP contribution in [0.2, 0.25) is 0 Å². The van der Waals surface area contributed by atoms with E-state index >= 15 is 0 Å². The van der Waals surface area contributed by atoms with Gasteiger partial charge in [0.2, 0.25) is 0 Å². The van der Waals surface area contributed by atoms with Crippen LogP contribution in [0.25, 0.3) is 0 Å². The minimum absolute atomic E-state index is 0.110. The van der Waals surface area contributed by atoms with E-state index < -0.39 is 44.0 Å². The lowest BCUT2D eigenvalue weighted by molar-refractivity contribution is -0.143. The molecule has 0 atom stereocenters. The number of hydrogen-bond acceptors (Lipinski definition) is 2. The fourth-order valence-electron chi connectivity index (χ4n) is 1.98. The van der Waals surface area contributed by atoms with Crippen LogP contribution >= 0.6 is 0 Å². The summed E-state index contributed by atoms with van der Waals surface area (Å²) in [7, 11) is -4.38. The second-order valence-electron chi connectivity index (χ2n) is 4.99. The molecule has 0 spiro atoms. The summed E-state index contributed by atoms with van der Waals surface area (Å²) < 4.78 is 101. The van der Waals surface area contributed by atoms with Crippen LogP contribution in [0.1, 0.15) is 16.7 Å². The molecule has 2 rings (SSSR count). The molecule has 2 aromatic rings. The maximum Gasteiger partial charge on any atom is 0.416 e. The van der Waals surface area contributed by atoms with Gasteiger partial charge in [0, 0.05) is 0 Å². The van der Waals surface area contributed by atoms with Crippen molar-refractivity contribution >= 4 is 9.84 Å². The maximum absolute atomic E-state index is 12.8. The summed E-state index contributed by atoms with van der Waals surface area (Å²) in [4.78, 5) is -1.02. The predicted molar refractivity (Wildman–Crippen MR) is 73.8 cm³/mol. The van der Waals surface area contributed by atoms with Crippen molar-refractivity contribution in [1.29, 1.82) is 0 Å². The molecular weight excluding hydrogens is 358 g/mol. The molecule has 0 unspecified atom stereocenters. The molecule has 0 amide bonds. The van der Waals surface area contributed by atoms with Crippen molar-refractivity contribution in [2.45, 2.75) is 23.0 Å². The van der Waals surface area contributed by atoms with Crippen molar-refractivity contribution in [3.8, 4) is 0 Å². The number of hydrogen-bond donors (Lipinski definition) is 0. The first kappa shape index (κ1) is 18.3. The molecule has 0 saturated carbocycles. The third-order valence-electron chi connectivity index (χ3n) is 3.12. The number of rotatable bonds is 3.